The maximum Gasteiger partial charge on any atom is 0.255 e. The highest BCUT2D eigenvalue weighted by Crippen LogP contribution is 2.43. The van der Waals surface area contributed by atoms with Gasteiger partial charge >= 0.3 is 0 Å². The van der Waals surface area contributed by atoms with Crippen molar-refractivity contribution in [1.82, 2.24) is 5.32 Å². The molecule has 0 aromatic heterocycles. The lowest BCUT2D eigenvalue weighted by molar-refractivity contribution is 0.0925. The molecule has 0 unspecified atom stereocenters. The van der Waals surface area contributed by atoms with Gasteiger partial charge in [-0.25, -0.2) is 0 Å². The summed E-state index contributed by atoms with van der Waals surface area (Å²) >= 11 is 3.54. The molecule has 1 aliphatic carbocycles. The van der Waals surface area contributed by atoms with Crippen LogP contribution in [0.3, 0.4) is 0 Å². The van der Waals surface area contributed by atoms with Crippen molar-refractivity contribution in [3.05, 3.63) is 64.1 Å². The third-order valence-electron chi connectivity index (χ3n) is 4.69. The topological polar surface area (TPSA) is 38.3 Å². The minimum absolute atomic E-state index is 0.0570. The van der Waals surface area contributed by atoms with E-state index < -0.39 is 0 Å². The third kappa shape index (κ3) is 3.27. The standard InChI is InChI=1S/C19H20BrNO2/c1-23-17-9-3-2-8-16(17)18(22)21-13-19(10-5-11-19)14-6-4-7-15(20)12-14/h2-4,6-9,12H,5,10-11,13H2,1H3,(H,21,22). The van der Waals surface area contributed by atoms with Gasteiger partial charge in [-0.1, -0.05) is 46.6 Å². The number of halogens is 1. The minimum atomic E-state index is -0.0799. The highest BCUT2D eigenvalue weighted by Gasteiger charge is 2.39. The Labute approximate surface area is 145 Å². The average Bonchev–Trinajstić information content (AvgIpc) is 2.53. The summed E-state index contributed by atoms with van der Waals surface area (Å²) < 4.78 is 6.35. The number of hydrogen-bond donors (Lipinski definition) is 1. The number of ether oxygens (including phenoxy) is 1. The molecule has 0 spiro atoms. The van der Waals surface area contributed by atoms with Crippen LogP contribution in [0.2, 0.25) is 0 Å². The molecule has 0 saturated heterocycles. The number of methoxy groups -OCH3 is 1. The molecule has 4 heteroatoms. The quantitative estimate of drug-likeness (QED) is 0.847. The third-order valence-corrected chi connectivity index (χ3v) is 5.18. The molecule has 0 aliphatic heterocycles. The molecule has 3 rings (SSSR count). The van der Waals surface area contributed by atoms with Gasteiger partial charge in [0.05, 0.1) is 12.7 Å². The molecule has 0 radical (unpaired) electrons. The second kappa shape index (κ2) is 6.75. The first-order valence-corrected chi connectivity index (χ1v) is 8.61. The summed E-state index contributed by atoms with van der Waals surface area (Å²) in [5, 5.41) is 3.10. The molecule has 1 fully saturated rings. The highest BCUT2D eigenvalue weighted by atomic mass is 79.9. The summed E-state index contributed by atoms with van der Waals surface area (Å²) in [5.41, 5.74) is 1.93. The van der Waals surface area contributed by atoms with E-state index in [1.165, 1.54) is 12.0 Å². The Morgan fingerprint density at radius 3 is 2.65 bits per heavy atom. The number of hydrogen-bond acceptors (Lipinski definition) is 2. The molecular weight excluding hydrogens is 354 g/mol. The van der Waals surface area contributed by atoms with Crippen molar-refractivity contribution in [2.45, 2.75) is 24.7 Å². The lowest BCUT2D eigenvalue weighted by atomic mass is 9.64. The van der Waals surface area contributed by atoms with Gasteiger partial charge in [0.25, 0.3) is 5.91 Å². The Kier molecular flexibility index (Phi) is 4.71. The number of amides is 1. The monoisotopic (exact) mass is 373 g/mol. The number of nitrogens with one attached hydrogen (secondary N) is 1. The summed E-state index contributed by atoms with van der Waals surface area (Å²) in [4.78, 5) is 12.5. The molecule has 1 aliphatic rings. The second-order valence-electron chi connectivity index (χ2n) is 6.03. The smallest absolute Gasteiger partial charge is 0.255 e. The highest BCUT2D eigenvalue weighted by molar-refractivity contribution is 9.10. The van der Waals surface area contributed by atoms with E-state index in [1.54, 1.807) is 13.2 Å². The van der Waals surface area contributed by atoms with E-state index in [4.69, 9.17) is 4.74 Å². The van der Waals surface area contributed by atoms with Crippen LogP contribution in [-0.4, -0.2) is 19.6 Å². The molecule has 23 heavy (non-hydrogen) atoms. The molecule has 0 heterocycles. The van der Waals surface area contributed by atoms with E-state index in [0.29, 0.717) is 17.9 Å². The summed E-state index contributed by atoms with van der Waals surface area (Å²) in [6.07, 6.45) is 3.42. The lowest BCUT2D eigenvalue weighted by Gasteiger charge is -2.42. The van der Waals surface area contributed by atoms with Gasteiger partial charge in [0, 0.05) is 16.4 Å². The molecule has 2 aromatic rings. The van der Waals surface area contributed by atoms with Crippen LogP contribution in [-0.2, 0) is 5.41 Å². The molecule has 1 saturated carbocycles. The van der Waals surface area contributed by atoms with E-state index in [-0.39, 0.29) is 11.3 Å². The van der Waals surface area contributed by atoms with Crippen molar-refractivity contribution in [3.63, 3.8) is 0 Å². The summed E-state index contributed by atoms with van der Waals surface area (Å²) in [6, 6.07) is 15.7. The number of carbonyl (C=O) groups excluding carboxylic acids is 1. The molecule has 0 atom stereocenters. The predicted molar refractivity (Wildman–Crippen MR) is 95.0 cm³/mol. The van der Waals surface area contributed by atoms with Crippen LogP contribution in [0.5, 0.6) is 5.75 Å². The SMILES string of the molecule is COc1ccccc1C(=O)NCC1(c2cccc(Br)c2)CCC1. The Morgan fingerprint density at radius 1 is 1.22 bits per heavy atom. The van der Waals surface area contributed by atoms with Gasteiger partial charge in [-0.2, -0.15) is 0 Å². The van der Waals surface area contributed by atoms with Gasteiger partial charge in [-0.15, -0.1) is 0 Å². The molecular formula is C19H20BrNO2. The number of benzene rings is 2. The Balaban J connectivity index is 1.75. The van der Waals surface area contributed by atoms with Crippen molar-refractivity contribution in [1.29, 1.82) is 0 Å². The maximum atomic E-state index is 12.5. The van der Waals surface area contributed by atoms with E-state index >= 15 is 0 Å². The fraction of sp³-hybridized carbons (Fsp3) is 0.316. The summed E-state index contributed by atoms with van der Waals surface area (Å²) in [7, 11) is 1.58. The molecule has 0 bridgehead atoms. The van der Waals surface area contributed by atoms with Crippen LogP contribution in [0.1, 0.15) is 35.2 Å². The first kappa shape index (κ1) is 16.1. The Morgan fingerprint density at radius 2 is 2.00 bits per heavy atom. The van der Waals surface area contributed by atoms with Crippen molar-refractivity contribution in [3.8, 4) is 5.75 Å². The zero-order valence-electron chi connectivity index (χ0n) is 13.1. The van der Waals surface area contributed by atoms with Gasteiger partial charge in [-0.3, -0.25) is 4.79 Å². The van der Waals surface area contributed by atoms with Crippen LogP contribution >= 0.6 is 15.9 Å². The number of carbonyl (C=O) groups is 1. The maximum absolute atomic E-state index is 12.5. The molecule has 1 amide bonds. The number of rotatable bonds is 5. The van der Waals surface area contributed by atoms with Gasteiger partial charge in [0.2, 0.25) is 0 Å². The normalized spacial score (nSPS) is 15.6. The largest absolute Gasteiger partial charge is 0.496 e. The summed E-state index contributed by atoms with van der Waals surface area (Å²) in [6.45, 7) is 0.653. The molecule has 1 N–H and O–H groups in total. The zero-order valence-corrected chi connectivity index (χ0v) is 14.7. The van der Waals surface area contributed by atoms with Crippen LogP contribution in [0, 0.1) is 0 Å². The van der Waals surface area contributed by atoms with Crippen molar-refractivity contribution in [2.24, 2.45) is 0 Å². The number of para-hydroxylation sites is 1. The van der Waals surface area contributed by atoms with Crippen LogP contribution in [0.15, 0.2) is 53.0 Å². The Bertz CT molecular complexity index is 710. The van der Waals surface area contributed by atoms with Crippen LogP contribution in [0.4, 0.5) is 0 Å². The van der Waals surface area contributed by atoms with Gasteiger partial charge in [-0.05, 0) is 42.7 Å². The van der Waals surface area contributed by atoms with E-state index in [0.717, 1.165) is 17.3 Å². The van der Waals surface area contributed by atoms with Gasteiger partial charge in [0.1, 0.15) is 5.75 Å². The fourth-order valence-electron chi connectivity index (χ4n) is 3.17. The predicted octanol–water partition coefficient (Wildman–Crippen LogP) is 4.31. The molecule has 3 nitrogen and oxygen atoms in total. The fourth-order valence-corrected chi connectivity index (χ4v) is 3.57. The van der Waals surface area contributed by atoms with Crippen molar-refractivity contribution in [2.75, 3.05) is 13.7 Å². The first-order chi connectivity index (χ1) is 11.1. The van der Waals surface area contributed by atoms with E-state index in [2.05, 4.69) is 39.4 Å². The van der Waals surface area contributed by atoms with Crippen molar-refractivity contribution < 1.29 is 9.53 Å². The second-order valence-corrected chi connectivity index (χ2v) is 6.94. The van der Waals surface area contributed by atoms with Crippen molar-refractivity contribution >= 4 is 21.8 Å². The lowest BCUT2D eigenvalue weighted by Crippen LogP contribution is -2.45. The summed E-state index contributed by atoms with van der Waals surface area (Å²) in [5.74, 6) is 0.527. The van der Waals surface area contributed by atoms with Crippen LogP contribution in [0.25, 0.3) is 0 Å². The molecule has 2 aromatic carbocycles. The average molecular weight is 374 g/mol. The first-order valence-electron chi connectivity index (χ1n) is 7.82. The zero-order chi connectivity index (χ0) is 16.3. The minimum Gasteiger partial charge on any atom is -0.496 e. The van der Waals surface area contributed by atoms with Gasteiger partial charge in [0.15, 0.2) is 0 Å². The molecule has 120 valence electrons. The van der Waals surface area contributed by atoms with E-state index in [1.807, 2.05) is 24.3 Å². The van der Waals surface area contributed by atoms with Crippen LogP contribution < -0.4 is 10.1 Å². The Hall–Kier alpha value is -1.81. The van der Waals surface area contributed by atoms with Gasteiger partial charge < -0.3 is 10.1 Å². The van der Waals surface area contributed by atoms with E-state index in [9.17, 15) is 4.79 Å².